The molecule has 0 saturated heterocycles. The van der Waals surface area contributed by atoms with Gasteiger partial charge in [-0.25, -0.2) is 13.4 Å². The maximum absolute atomic E-state index is 13.0. The zero-order chi connectivity index (χ0) is 30.1. The fourth-order valence-corrected chi connectivity index (χ4v) is 6.77. The van der Waals surface area contributed by atoms with Crippen LogP contribution in [-0.4, -0.2) is 36.8 Å². The van der Waals surface area contributed by atoms with Crippen LogP contribution in [0.2, 0.25) is 0 Å². The summed E-state index contributed by atoms with van der Waals surface area (Å²) >= 11 is 1.57. The van der Waals surface area contributed by atoms with Crippen molar-refractivity contribution in [3.8, 4) is 11.3 Å². The van der Waals surface area contributed by atoms with Gasteiger partial charge in [0.25, 0.3) is 5.91 Å². The van der Waals surface area contributed by atoms with E-state index in [4.69, 9.17) is 4.98 Å². The molecule has 1 fully saturated rings. The van der Waals surface area contributed by atoms with Gasteiger partial charge in [0.05, 0.1) is 39.6 Å². The van der Waals surface area contributed by atoms with Gasteiger partial charge in [-0.2, -0.15) is 13.2 Å². The molecule has 1 aliphatic carbocycles. The number of sulfone groups is 1. The number of carbonyl (C=O) groups is 1. The molecule has 1 aromatic heterocycles. The molecule has 0 radical (unpaired) electrons. The first-order valence-electron chi connectivity index (χ1n) is 13.5. The van der Waals surface area contributed by atoms with Crippen molar-refractivity contribution in [2.24, 2.45) is 0 Å². The van der Waals surface area contributed by atoms with Crippen molar-refractivity contribution in [1.82, 2.24) is 10.3 Å². The maximum Gasteiger partial charge on any atom is 0.416 e. The lowest BCUT2D eigenvalue weighted by molar-refractivity contribution is -0.137. The summed E-state index contributed by atoms with van der Waals surface area (Å²) in [6, 6.07) is 17.5. The number of amides is 1. The number of carbonyl (C=O) groups excluding carboxylic acids is 1. The van der Waals surface area contributed by atoms with E-state index in [1.165, 1.54) is 24.3 Å². The number of aromatic nitrogens is 1. The van der Waals surface area contributed by atoms with Crippen LogP contribution in [0.4, 0.5) is 13.2 Å². The number of halogens is 3. The fourth-order valence-electron chi connectivity index (χ4n) is 4.60. The van der Waals surface area contributed by atoms with E-state index in [2.05, 4.69) is 5.32 Å². The number of rotatable bonds is 10. The summed E-state index contributed by atoms with van der Waals surface area (Å²) in [4.78, 5) is 19.1. The molecule has 3 aromatic carbocycles. The van der Waals surface area contributed by atoms with E-state index in [-0.39, 0.29) is 17.3 Å². The SMILES string of the molecule is CCS(=O)(=O)c1ccc([C@H](CO)NC(=O)c2ccc(-c3nc(Cc4ccc(C(F)(F)F)cc4)sc3C3CC3)cc2)cc1. The Morgan fingerprint density at radius 1 is 1.02 bits per heavy atom. The third-order valence-corrected chi connectivity index (χ3v) is 10.2. The minimum Gasteiger partial charge on any atom is -0.394 e. The Morgan fingerprint density at radius 2 is 1.67 bits per heavy atom. The van der Waals surface area contributed by atoms with Crippen LogP contribution in [0.25, 0.3) is 11.3 Å². The molecule has 0 unspecified atom stereocenters. The van der Waals surface area contributed by atoms with Crippen LogP contribution in [0.15, 0.2) is 77.7 Å². The van der Waals surface area contributed by atoms with Crippen LogP contribution in [0.5, 0.6) is 0 Å². The van der Waals surface area contributed by atoms with Crippen molar-refractivity contribution < 1.29 is 31.5 Å². The Hall–Kier alpha value is -3.54. The van der Waals surface area contributed by atoms with Crippen LogP contribution >= 0.6 is 11.3 Å². The highest BCUT2D eigenvalue weighted by Crippen LogP contribution is 2.47. The summed E-state index contributed by atoms with van der Waals surface area (Å²) in [6.45, 7) is 1.20. The van der Waals surface area contributed by atoms with Crippen LogP contribution in [0.3, 0.4) is 0 Å². The van der Waals surface area contributed by atoms with Crippen LogP contribution in [0, 0.1) is 0 Å². The Labute approximate surface area is 246 Å². The van der Waals surface area contributed by atoms with E-state index < -0.39 is 33.5 Å². The minimum absolute atomic E-state index is 0.0218. The first-order valence-corrected chi connectivity index (χ1v) is 16.0. The van der Waals surface area contributed by atoms with E-state index in [9.17, 15) is 31.5 Å². The molecule has 0 aliphatic heterocycles. The summed E-state index contributed by atoms with van der Waals surface area (Å²) in [5.74, 6) is -0.00755. The number of alkyl halides is 3. The summed E-state index contributed by atoms with van der Waals surface area (Å²) < 4.78 is 62.9. The van der Waals surface area contributed by atoms with Gasteiger partial charge in [0.15, 0.2) is 9.84 Å². The lowest BCUT2D eigenvalue weighted by Gasteiger charge is -2.17. The molecule has 6 nitrogen and oxygen atoms in total. The highest BCUT2D eigenvalue weighted by molar-refractivity contribution is 7.91. The molecule has 42 heavy (non-hydrogen) atoms. The number of thiazole rings is 1. The third kappa shape index (κ3) is 6.74. The molecule has 0 spiro atoms. The standard InChI is InChI=1S/C31H29F3N2O4S2/c1-2-42(39,40)25-15-11-20(12-16-25)26(18-37)35-30(38)23-9-5-21(6-10-23)28-29(22-7-8-22)41-27(36-28)17-19-3-13-24(14-4-19)31(32,33)34/h3-6,9-16,22,26,37H,2,7-8,17-18H2,1H3,(H,35,38)/t26-/m0/s1. The van der Waals surface area contributed by atoms with E-state index in [0.717, 1.165) is 51.7 Å². The van der Waals surface area contributed by atoms with E-state index in [1.54, 1.807) is 42.5 Å². The molecule has 220 valence electrons. The van der Waals surface area contributed by atoms with Crippen molar-refractivity contribution in [2.45, 2.75) is 49.2 Å². The molecule has 1 heterocycles. The normalized spacial score (nSPS) is 14.5. The topological polar surface area (TPSA) is 96.4 Å². The highest BCUT2D eigenvalue weighted by atomic mass is 32.2. The van der Waals surface area contributed by atoms with Crippen molar-refractivity contribution in [2.75, 3.05) is 12.4 Å². The van der Waals surface area contributed by atoms with E-state index in [0.29, 0.717) is 23.5 Å². The number of benzene rings is 3. The third-order valence-electron chi connectivity index (χ3n) is 7.21. The average Bonchev–Trinajstić information content (AvgIpc) is 3.75. The molecule has 1 atom stereocenters. The monoisotopic (exact) mass is 614 g/mol. The van der Waals surface area contributed by atoms with Gasteiger partial charge in [-0.3, -0.25) is 4.79 Å². The van der Waals surface area contributed by atoms with Crippen molar-refractivity contribution in [1.29, 1.82) is 0 Å². The van der Waals surface area contributed by atoms with Gasteiger partial charge in [0.2, 0.25) is 0 Å². The molecule has 1 aliphatic rings. The van der Waals surface area contributed by atoms with Gasteiger partial charge >= 0.3 is 6.18 Å². The molecule has 1 amide bonds. The number of aliphatic hydroxyl groups is 1. The predicted octanol–water partition coefficient (Wildman–Crippen LogP) is 6.55. The lowest BCUT2D eigenvalue weighted by atomic mass is 10.0. The predicted molar refractivity (Wildman–Crippen MR) is 155 cm³/mol. The smallest absolute Gasteiger partial charge is 0.394 e. The van der Waals surface area contributed by atoms with Gasteiger partial charge < -0.3 is 10.4 Å². The van der Waals surface area contributed by atoms with Crippen molar-refractivity contribution in [3.05, 3.63) is 105 Å². The van der Waals surface area contributed by atoms with Gasteiger partial charge in [-0.1, -0.05) is 43.3 Å². The zero-order valence-corrected chi connectivity index (χ0v) is 24.3. The van der Waals surface area contributed by atoms with E-state index in [1.807, 2.05) is 12.1 Å². The molecule has 1 saturated carbocycles. The first kappa shape index (κ1) is 29.9. The van der Waals surface area contributed by atoms with Gasteiger partial charge in [-0.05, 0) is 66.3 Å². The number of nitrogens with one attached hydrogen (secondary N) is 1. The van der Waals surface area contributed by atoms with Gasteiger partial charge in [0, 0.05) is 22.4 Å². The zero-order valence-electron chi connectivity index (χ0n) is 22.7. The second-order valence-electron chi connectivity index (χ2n) is 10.2. The summed E-state index contributed by atoms with van der Waals surface area (Å²) in [6.07, 6.45) is -1.83. The largest absolute Gasteiger partial charge is 0.416 e. The Bertz CT molecular complexity index is 1660. The van der Waals surface area contributed by atoms with E-state index >= 15 is 0 Å². The van der Waals surface area contributed by atoms with Gasteiger partial charge in [0.1, 0.15) is 0 Å². The first-order chi connectivity index (χ1) is 20.0. The molecule has 5 rings (SSSR count). The molecular formula is C31H29F3N2O4S2. The van der Waals surface area contributed by atoms with Crippen LogP contribution in [-0.2, 0) is 22.4 Å². The van der Waals surface area contributed by atoms with Gasteiger partial charge in [-0.15, -0.1) is 11.3 Å². The number of nitrogens with zero attached hydrogens (tertiary/aromatic N) is 1. The molecule has 4 aromatic rings. The quantitative estimate of drug-likeness (QED) is 0.211. The Morgan fingerprint density at radius 3 is 2.21 bits per heavy atom. The second-order valence-corrected chi connectivity index (χ2v) is 13.6. The Balaban J connectivity index is 1.30. The summed E-state index contributed by atoms with van der Waals surface area (Å²) in [5.41, 5.74) is 2.70. The lowest BCUT2D eigenvalue weighted by Crippen LogP contribution is -2.30. The number of hydrogen-bond acceptors (Lipinski definition) is 6. The second kappa shape index (κ2) is 12.0. The highest BCUT2D eigenvalue weighted by Gasteiger charge is 2.31. The minimum atomic E-state index is -4.38. The summed E-state index contributed by atoms with van der Waals surface area (Å²) in [7, 11) is -3.36. The Kier molecular flexibility index (Phi) is 8.54. The number of aliphatic hydroxyl groups excluding tert-OH is 1. The van der Waals surface area contributed by atoms with Crippen molar-refractivity contribution in [3.63, 3.8) is 0 Å². The van der Waals surface area contributed by atoms with Crippen LogP contribution in [0.1, 0.15) is 68.7 Å². The van der Waals surface area contributed by atoms with Crippen molar-refractivity contribution >= 4 is 27.1 Å². The fraction of sp³-hybridized carbons (Fsp3) is 0.290. The average molecular weight is 615 g/mol. The molecule has 11 heteroatoms. The molecular weight excluding hydrogens is 585 g/mol. The van der Waals surface area contributed by atoms with Crippen LogP contribution < -0.4 is 5.32 Å². The number of hydrogen-bond donors (Lipinski definition) is 2. The summed E-state index contributed by atoms with van der Waals surface area (Å²) in [5, 5.41) is 13.5. The molecule has 2 N–H and O–H groups in total. The maximum atomic E-state index is 13.0. The molecule has 0 bridgehead atoms.